The van der Waals surface area contributed by atoms with Gasteiger partial charge in [0.1, 0.15) is 5.69 Å². The van der Waals surface area contributed by atoms with Gasteiger partial charge in [0.05, 0.1) is 11.9 Å². The van der Waals surface area contributed by atoms with Gasteiger partial charge < -0.3 is 15.5 Å². The first-order valence-electron chi connectivity index (χ1n) is 10.6. The molecule has 1 aromatic carbocycles. The molecule has 1 aliphatic carbocycles. The average Bonchev–Trinajstić information content (AvgIpc) is 3.23. The SMILES string of the molecule is CC1CCN(c2ccc(NC(=O)c3ccc(NC4CCCC4)cn3)cc2)CC1. The van der Waals surface area contributed by atoms with E-state index in [4.69, 9.17) is 0 Å². The number of pyridine rings is 1. The van der Waals surface area contributed by atoms with Crippen LogP contribution in [0, 0.1) is 5.92 Å². The van der Waals surface area contributed by atoms with E-state index in [1.807, 2.05) is 18.2 Å². The summed E-state index contributed by atoms with van der Waals surface area (Å²) in [6.07, 6.45) is 9.27. The molecule has 2 aliphatic rings. The molecule has 0 radical (unpaired) electrons. The van der Waals surface area contributed by atoms with Crippen LogP contribution in [0.3, 0.4) is 0 Å². The highest BCUT2D eigenvalue weighted by Crippen LogP contribution is 2.25. The van der Waals surface area contributed by atoms with Gasteiger partial charge in [-0.25, -0.2) is 4.98 Å². The average molecular weight is 379 g/mol. The first-order valence-corrected chi connectivity index (χ1v) is 10.6. The van der Waals surface area contributed by atoms with Gasteiger partial charge in [0.2, 0.25) is 0 Å². The number of amides is 1. The molecule has 1 aromatic heterocycles. The Labute approximate surface area is 167 Å². The van der Waals surface area contributed by atoms with E-state index in [2.05, 4.69) is 39.6 Å². The van der Waals surface area contributed by atoms with E-state index in [1.54, 1.807) is 12.3 Å². The molecule has 148 valence electrons. The first kappa shape index (κ1) is 18.8. The molecule has 5 heteroatoms. The van der Waals surface area contributed by atoms with E-state index in [0.717, 1.165) is 30.4 Å². The molecule has 0 unspecified atom stereocenters. The first-order chi connectivity index (χ1) is 13.7. The van der Waals surface area contributed by atoms with Crippen molar-refractivity contribution >= 4 is 23.0 Å². The maximum absolute atomic E-state index is 12.5. The van der Waals surface area contributed by atoms with Crippen LogP contribution < -0.4 is 15.5 Å². The third-order valence-corrected chi connectivity index (χ3v) is 6.00. The number of piperidine rings is 1. The zero-order valence-corrected chi connectivity index (χ0v) is 16.7. The van der Waals surface area contributed by atoms with E-state index >= 15 is 0 Å². The summed E-state index contributed by atoms with van der Waals surface area (Å²) in [5.41, 5.74) is 3.45. The van der Waals surface area contributed by atoms with Gasteiger partial charge in [-0.2, -0.15) is 0 Å². The van der Waals surface area contributed by atoms with Crippen LogP contribution in [-0.2, 0) is 0 Å². The Bertz CT molecular complexity index is 773. The number of rotatable bonds is 5. The summed E-state index contributed by atoms with van der Waals surface area (Å²) in [6, 6.07) is 12.4. The molecule has 0 bridgehead atoms. The Balaban J connectivity index is 1.32. The number of nitrogens with zero attached hydrogens (tertiary/aromatic N) is 2. The van der Waals surface area contributed by atoms with E-state index in [-0.39, 0.29) is 5.91 Å². The molecule has 1 aliphatic heterocycles. The van der Waals surface area contributed by atoms with Crippen molar-refractivity contribution in [1.29, 1.82) is 0 Å². The second-order valence-corrected chi connectivity index (χ2v) is 8.23. The van der Waals surface area contributed by atoms with Gasteiger partial charge >= 0.3 is 0 Å². The molecule has 4 rings (SSSR count). The van der Waals surface area contributed by atoms with Crippen LogP contribution in [0.25, 0.3) is 0 Å². The zero-order chi connectivity index (χ0) is 19.3. The molecule has 5 nitrogen and oxygen atoms in total. The molecule has 1 saturated heterocycles. The van der Waals surface area contributed by atoms with E-state index in [9.17, 15) is 4.79 Å². The van der Waals surface area contributed by atoms with Crippen molar-refractivity contribution in [2.75, 3.05) is 28.6 Å². The molecule has 28 heavy (non-hydrogen) atoms. The van der Waals surface area contributed by atoms with Gasteiger partial charge in [0.25, 0.3) is 5.91 Å². The largest absolute Gasteiger partial charge is 0.381 e. The Morgan fingerprint density at radius 1 is 0.964 bits per heavy atom. The van der Waals surface area contributed by atoms with Gasteiger partial charge in [0, 0.05) is 30.5 Å². The number of aromatic nitrogens is 1. The molecule has 2 heterocycles. The Kier molecular flexibility index (Phi) is 5.79. The fraction of sp³-hybridized carbons (Fsp3) is 0.478. The lowest BCUT2D eigenvalue weighted by atomic mass is 9.99. The Morgan fingerprint density at radius 3 is 2.29 bits per heavy atom. The second kappa shape index (κ2) is 8.63. The molecule has 1 saturated carbocycles. The van der Waals surface area contributed by atoms with Gasteiger partial charge in [-0.1, -0.05) is 19.8 Å². The number of nitrogens with one attached hydrogen (secondary N) is 2. The molecule has 0 atom stereocenters. The van der Waals surface area contributed by atoms with Crippen molar-refractivity contribution in [1.82, 2.24) is 4.98 Å². The molecule has 2 fully saturated rings. The van der Waals surface area contributed by atoms with Crippen LogP contribution in [0.15, 0.2) is 42.6 Å². The highest BCUT2D eigenvalue weighted by molar-refractivity contribution is 6.03. The van der Waals surface area contributed by atoms with Crippen LogP contribution in [-0.4, -0.2) is 30.0 Å². The second-order valence-electron chi connectivity index (χ2n) is 8.23. The number of benzene rings is 1. The van der Waals surface area contributed by atoms with Crippen LogP contribution >= 0.6 is 0 Å². The predicted octanol–water partition coefficient (Wildman–Crippen LogP) is 4.92. The number of hydrogen-bond donors (Lipinski definition) is 2. The lowest BCUT2D eigenvalue weighted by molar-refractivity contribution is 0.102. The van der Waals surface area contributed by atoms with Crippen LogP contribution in [0.2, 0.25) is 0 Å². The maximum atomic E-state index is 12.5. The number of carbonyl (C=O) groups excluding carboxylic acids is 1. The van der Waals surface area contributed by atoms with Crippen molar-refractivity contribution in [3.63, 3.8) is 0 Å². The van der Waals surface area contributed by atoms with Crippen molar-refractivity contribution < 1.29 is 4.79 Å². The summed E-state index contributed by atoms with van der Waals surface area (Å²) in [6.45, 7) is 4.54. The minimum Gasteiger partial charge on any atom is -0.381 e. The van der Waals surface area contributed by atoms with Gasteiger partial charge in [0.15, 0.2) is 0 Å². The van der Waals surface area contributed by atoms with E-state index < -0.39 is 0 Å². The summed E-state index contributed by atoms with van der Waals surface area (Å²) in [5.74, 6) is 0.647. The standard InChI is InChI=1S/C23H30N4O/c1-17-12-14-27(15-13-17)21-9-6-19(7-10-21)26-23(28)22-11-8-20(16-24-22)25-18-4-2-3-5-18/h6-11,16-18,25H,2-5,12-15H2,1H3,(H,26,28). The Morgan fingerprint density at radius 2 is 1.64 bits per heavy atom. The molecule has 0 spiro atoms. The van der Waals surface area contributed by atoms with Gasteiger partial charge in [-0.15, -0.1) is 0 Å². The quantitative estimate of drug-likeness (QED) is 0.775. The minimum absolute atomic E-state index is 0.174. The van der Waals surface area contributed by atoms with Crippen LogP contribution in [0.1, 0.15) is 55.9 Å². The highest BCUT2D eigenvalue weighted by atomic mass is 16.1. The van der Waals surface area contributed by atoms with Crippen LogP contribution in [0.4, 0.5) is 17.1 Å². The lowest BCUT2D eigenvalue weighted by Crippen LogP contribution is -2.32. The van der Waals surface area contributed by atoms with E-state index in [1.165, 1.54) is 44.2 Å². The monoisotopic (exact) mass is 378 g/mol. The lowest BCUT2D eigenvalue weighted by Gasteiger charge is -2.32. The molecular weight excluding hydrogens is 348 g/mol. The van der Waals surface area contributed by atoms with E-state index in [0.29, 0.717) is 11.7 Å². The molecule has 2 N–H and O–H groups in total. The van der Waals surface area contributed by atoms with Crippen molar-refractivity contribution in [3.05, 3.63) is 48.3 Å². The topological polar surface area (TPSA) is 57.3 Å². The summed E-state index contributed by atoms with van der Waals surface area (Å²) >= 11 is 0. The van der Waals surface area contributed by atoms with Gasteiger partial charge in [-0.05, 0) is 68.0 Å². The number of hydrogen-bond acceptors (Lipinski definition) is 4. The maximum Gasteiger partial charge on any atom is 0.274 e. The zero-order valence-electron chi connectivity index (χ0n) is 16.7. The summed E-state index contributed by atoms with van der Waals surface area (Å²) in [7, 11) is 0. The van der Waals surface area contributed by atoms with Gasteiger partial charge in [-0.3, -0.25) is 4.79 Å². The highest BCUT2D eigenvalue weighted by Gasteiger charge is 2.17. The molecule has 1 amide bonds. The third-order valence-electron chi connectivity index (χ3n) is 6.00. The summed E-state index contributed by atoms with van der Waals surface area (Å²) in [5, 5.41) is 6.45. The summed E-state index contributed by atoms with van der Waals surface area (Å²) < 4.78 is 0. The fourth-order valence-corrected chi connectivity index (χ4v) is 4.14. The normalized spacial score (nSPS) is 18.2. The Hall–Kier alpha value is -2.56. The number of carbonyl (C=O) groups is 1. The summed E-state index contributed by atoms with van der Waals surface area (Å²) in [4.78, 5) is 19.2. The smallest absolute Gasteiger partial charge is 0.274 e. The molecule has 2 aromatic rings. The molecular formula is C23H30N4O. The van der Waals surface area contributed by atoms with Crippen LogP contribution in [0.5, 0.6) is 0 Å². The van der Waals surface area contributed by atoms with Crippen molar-refractivity contribution in [2.24, 2.45) is 5.92 Å². The minimum atomic E-state index is -0.174. The predicted molar refractivity (Wildman–Crippen MR) is 115 cm³/mol. The third kappa shape index (κ3) is 4.64. The fourth-order valence-electron chi connectivity index (χ4n) is 4.14. The number of anilines is 3. The van der Waals surface area contributed by atoms with Crippen molar-refractivity contribution in [3.8, 4) is 0 Å². The van der Waals surface area contributed by atoms with Crippen molar-refractivity contribution in [2.45, 2.75) is 51.5 Å².